The van der Waals surface area contributed by atoms with E-state index in [9.17, 15) is 4.79 Å². The summed E-state index contributed by atoms with van der Waals surface area (Å²) in [6.45, 7) is 8.85. The number of anilines is 1. The molecule has 3 aromatic rings. The van der Waals surface area contributed by atoms with Gasteiger partial charge in [0, 0.05) is 18.8 Å². The van der Waals surface area contributed by atoms with Crippen LogP contribution in [0.5, 0.6) is 5.75 Å². The Morgan fingerprint density at radius 3 is 2.57 bits per heavy atom. The number of hydrogen-bond acceptors (Lipinski definition) is 5. The highest BCUT2D eigenvalue weighted by molar-refractivity contribution is 8.00. The maximum atomic E-state index is 13.1. The Morgan fingerprint density at radius 2 is 1.90 bits per heavy atom. The number of allylic oxidation sites excluding steroid dienone is 1. The molecule has 156 valence electrons. The van der Waals surface area contributed by atoms with Gasteiger partial charge in [0.15, 0.2) is 11.0 Å². The van der Waals surface area contributed by atoms with Crippen molar-refractivity contribution in [2.24, 2.45) is 0 Å². The second-order valence-electron chi connectivity index (χ2n) is 6.58. The van der Waals surface area contributed by atoms with E-state index in [4.69, 9.17) is 4.74 Å². The summed E-state index contributed by atoms with van der Waals surface area (Å²) in [6, 6.07) is 17.4. The molecule has 0 aliphatic rings. The summed E-state index contributed by atoms with van der Waals surface area (Å²) >= 11 is 1.40. The number of ether oxygens (including phenoxy) is 1. The number of benzene rings is 2. The molecule has 0 fully saturated rings. The molecule has 6 nitrogen and oxygen atoms in total. The molecule has 1 aromatic heterocycles. The highest BCUT2D eigenvalue weighted by Crippen LogP contribution is 2.32. The third kappa shape index (κ3) is 4.57. The lowest BCUT2D eigenvalue weighted by Gasteiger charge is -2.24. The summed E-state index contributed by atoms with van der Waals surface area (Å²) in [5.41, 5.74) is 1.74. The Balaban J connectivity index is 1.88. The molecule has 1 heterocycles. The molecule has 0 aliphatic heterocycles. The maximum Gasteiger partial charge on any atom is 0.240 e. The summed E-state index contributed by atoms with van der Waals surface area (Å²) < 4.78 is 7.44. The van der Waals surface area contributed by atoms with E-state index in [0.717, 1.165) is 17.0 Å². The average Bonchev–Trinajstić information content (AvgIpc) is 3.17. The first-order valence-electron chi connectivity index (χ1n) is 9.81. The van der Waals surface area contributed by atoms with Crippen LogP contribution in [-0.2, 0) is 11.3 Å². The summed E-state index contributed by atoms with van der Waals surface area (Å²) in [5.74, 6) is 1.43. The van der Waals surface area contributed by atoms with E-state index in [1.165, 1.54) is 11.8 Å². The van der Waals surface area contributed by atoms with Gasteiger partial charge >= 0.3 is 0 Å². The van der Waals surface area contributed by atoms with Crippen LogP contribution in [0.4, 0.5) is 5.69 Å². The first kappa shape index (κ1) is 21.6. The van der Waals surface area contributed by atoms with Crippen molar-refractivity contribution in [3.8, 4) is 17.1 Å². The number of rotatable bonds is 9. The second-order valence-corrected chi connectivity index (χ2v) is 7.89. The fourth-order valence-corrected chi connectivity index (χ4v) is 4.12. The van der Waals surface area contributed by atoms with E-state index < -0.39 is 0 Å². The topological polar surface area (TPSA) is 60.2 Å². The Hall–Kier alpha value is -3.06. The highest BCUT2D eigenvalue weighted by Gasteiger charge is 2.25. The molecule has 0 saturated heterocycles. The third-order valence-electron chi connectivity index (χ3n) is 4.66. The molecule has 1 amide bonds. The van der Waals surface area contributed by atoms with Crippen LogP contribution in [0.1, 0.15) is 13.8 Å². The molecule has 0 aliphatic carbocycles. The molecule has 0 saturated carbocycles. The predicted molar refractivity (Wildman–Crippen MR) is 122 cm³/mol. The Kier molecular flexibility index (Phi) is 7.30. The van der Waals surface area contributed by atoms with Crippen molar-refractivity contribution >= 4 is 23.4 Å². The van der Waals surface area contributed by atoms with E-state index in [1.54, 1.807) is 18.1 Å². The van der Waals surface area contributed by atoms with Crippen molar-refractivity contribution < 1.29 is 9.53 Å². The van der Waals surface area contributed by atoms with Gasteiger partial charge in [0.2, 0.25) is 5.91 Å². The first-order chi connectivity index (χ1) is 14.6. The number of amides is 1. The molecular formula is C23H26N4O2S. The number of nitrogens with zero attached hydrogens (tertiary/aromatic N) is 4. The van der Waals surface area contributed by atoms with Gasteiger partial charge in [-0.3, -0.25) is 9.36 Å². The Bertz CT molecular complexity index is 1000. The Morgan fingerprint density at radius 1 is 1.20 bits per heavy atom. The molecule has 0 spiro atoms. The molecule has 0 N–H and O–H groups in total. The zero-order valence-electron chi connectivity index (χ0n) is 17.5. The van der Waals surface area contributed by atoms with Crippen molar-refractivity contribution in [3.63, 3.8) is 0 Å². The van der Waals surface area contributed by atoms with Crippen LogP contribution in [-0.4, -0.2) is 39.6 Å². The molecule has 1 atom stereocenters. The second kappa shape index (κ2) is 10.1. The summed E-state index contributed by atoms with van der Waals surface area (Å²) in [4.78, 5) is 14.9. The first-order valence-corrected chi connectivity index (χ1v) is 10.7. The summed E-state index contributed by atoms with van der Waals surface area (Å²) in [6.07, 6.45) is 1.79. The molecule has 30 heavy (non-hydrogen) atoms. The van der Waals surface area contributed by atoms with Gasteiger partial charge in [-0.15, -0.1) is 16.8 Å². The largest absolute Gasteiger partial charge is 0.496 e. The average molecular weight is 423 g/mol. The van der Waals surface area contributed by atoms with Gasteiger partial charge < -0.3 is 9.64 Å². The van der Waals surface area contributed by atoms with E-state index in [2.05, 4.69) is 16.8 Å². The quantitative estimate of drug-likeness (QED) is 0.370. The van der Waals surface area contributed by atoms with Crippen molar-refractivity contribution in [1.29, 1.82) is 0 Å². The fourth-order valence-electron chi connectivity index (χ4n) is 3.20. The number of para-hydroxylation sites is 2. The number of aromatic nitrogens is 3. The van der Waals surface area contributed by atoms with Crippen molar-refractivity contribution in [2.75, 3.05) is 18.6 Å². The summed E-state index contributed by atoms with van der Waals surface area (Å²) in [5, 5.41) is 9.09. The zero-order valence-corrected chi connectivity index (χ0v) is 18.3. The molecule has 1 unspecified atom stereocenters. The van der Waals surface area contributed by atoms with Crippen LogP contribution in [0.15, 0.2) is 72.4 Å². The van der Waals surface area contributed by atoms with Gasteiger partial charge in [0.1, 0.15) is 5.75 Å². The molecule has 2 aromatic carbocycles. The monoisotopic (exact) mass is 422 g/mol. The zero-order chi connectivity index (χ0) is 21.5. The predicted octanol–water partition coefficient (Wildman–Crippen LogP) is 4.67. The number of carbonyl (C=O) groups is 1. The minimum Gasteiger partial charge on any atom is -0.496 e. The van der Waals surface area contributed by atoms with Crippen LogP contribution in [0.25, 0.3) is 11.4 Å². The maximum absolute atomic E-state index is 13.1. The van der Waals surface area contributed by atoms with E-state index in [1.807, 2.05) is 73.0 Å². The van der Waals surface area contributed by atoms with Gasteiger partial charge in [-0.05, 0) is 38.1 Å². The fraction of sp³-hybridized carbons (Fsp3) is 0.261. The Labute approximate surface area is 181 Å². The lowest BCUT2D eigenvalue weighted by atomic mass is 10.2. The van der Waals surface area contributed by atoms with Crippen molar-refractivity contribution in [3.05, 3.63) is 67.3 Å². The number of carbonyl (C=O) groups excluding carboxylic acids is 1. The van der Waals surface area contributed by atoms with Crippen molar-refractivity contribution in [2.45, 2.75) is 30.8 Å². The molecule has 0 bridgehead atoms. The van der Waals surface area contributed by atoms with E-state index in [-0.39, 0.29) is 11.2 Å². The molecule has 7 heteroatoms. The van der Waals surface area contributed by atoms with Crippen LogP contribution >= 0.6 is 11.8 Å². The SMILES string of the molecule is C=CCn1c(SC(C)C(=O)N(CC)c2ccccc2)nnc1-c1ccccc1OC. The number of methoxy groups -OCH3 is 1. The third-order valence-corrected chi connectivity index (χ3v) is 5.72. The van der Waals surface area contributed by atoms with Crippen LogP contribution in [0, 0.1) is 0 Å². The van der Waals surface area contributed by atoms with Crippen LogP contribution < -0.4 is 9.64 Å². The lowest BCUT2D eigenvalue weighted by Crippen LogP contribution is -2.36. The highest BCUT2D eigenvalue weighted by atomic mass is 32.2. The normalized spacial score (nSPS) is 11.7. The van der Waals surface area contributed by atoms with Crippen LogP contribution in [0.3, 0.4) is 0 Å². The summed E-state index contributed by atoms with van der Waals surface area (Å²) in [7, 11) is 1.63. The minimum atomic E-state index is -0.330. The van der Waals surface area contributed by atoms with Crippen molar-refractivity contribution in [1.82, 2.24) is 14.8 Å². The van der Waals surface area contributed by atoms with Crippen LogP contribution in [0.2, 0.25) is 0 Å². The van der Waals surface area contributed by atoms with E-state index >= 15 is 0 Å². The number of hydrogen-bond donors (Lipinski definition) is 0. The molecular weight excluding hydrogens is 396 g/mol. The smallest absolute Gasteiger partial charge is 0.240 e. The van der Waals surface area contributed by atoms with E-state index in [0.29, 0.717) is 24.1 Å². The van der Waals surface area contributed by atoms with Gasteiger partial charge in [-0.1, -0.05) is 48.2 Å². The lowest BCUT2D eigenvalue weighted by molar-refractivity contribution is -0.117. The van der Waals surface area contributed by atoms with Gasteiger partial charge in [-0.2, -0.15) is 0 Å². The van der Waals surface area contributed by atoms with Gasteiger partial charge in [0.05, 0.1) is 17.9 Å². The number of thioether (sulfide) groups is 1. The van der Waals surface area contributed by atoms with Gasteiger partial charge in [-0.25, -0.2) is 0 Å². The van der Waals surface area contributed by atoms with Gasteiger partial charge in [0.25, 0.3) is 0 Å². The standard InChI is InChI=1S/C23H26N4O2S/c1-5-16-27-21(19-14-10-11-15-20(19)29-4)24-25-23(27)30-17(3)22(28)26(6-2)18-12-8-7-9-13-18/h5,7-15,17H,1,6,16H2,2-4H3. The molecule has 0 radical (unpaired) electrons. The molecule has 3 rings (SSSR count). The minimum absolute atomic E-state index is 0.0284.